The normalized spacial score (nSPS) is 11.1. The lowest BCUT2D eigenvalue weighted by atomic mass is 10.2. The van der Waals surface area contributed by atoms with Crippen LogP contribution in [-0.2, 0) is 11.2 Å². The molecule has 122 valence electrons. The van der Waals surface area contributed by atoms with Gasteiger partial charge in [-0.3, -0.25) is 4.79 Å². The van der Waals surface area contributed by atoms with Gasteiger partial charge in [-0.15, -0.1) is 11.3 Å². The maximum absolute atomic E-state index is 11.9. The molecular weight excluding hydrogens is 318 g/mol. The number of hydrogen-bond acceptors (Lipinski definition) is 3. The van der Waals surface area contributed by atoms with Gasteiger partial charge in [0.05, 0.1) is 12.6 Å². The quantitative estimate of drug-likeness (QED) is 0.558. The number of hydrogen-bond donors (Lipinski definition) is 1. The van der Waals surface area contributed by atoms with Crippen LogP contribution in [0.1, 0.15) is 21.8 Å². The molecule has 5 heteroatoms. The highest BCUT2D eigenvalue weighted by molar-refractivity contribution is 7.10. The summed E-state index contributed by atoms with van der Waals surface area (Å²) in [7, 11) is 0. The minimum atomic E-state index is -0.106. The van der Waals surface area contributed by atoms with Crippen LogP contribution < -0.4 is 5.43 Å². The summed E-state index contributed by atoms with van der Waals surface area (Å²) in [5.74, 6) is -0.106. The Kier molecular flexibility index (Phi) is 4.91. The van der Waals surface area contributed by atoms with Crippen molar-refractivity contribution in [2.24, 2.45) is 5.10 Å². The molecule has 0 spiro atoms. The van der Waals surface area contributed by atoms with E-state index in [9.17, 15) is 4.79 Å². The molecule has 0 saturated heterocycles. The van der Waals surface area contributed by atoms with E-state index in [-0.39, 0.29) is 5.91 Å². The highest BCUT2D eigenvalue weighted by Gasteiger charge is 2.09. The average molecular weight is 337 g/mol. The van der Waals surface area contributed by atoms with E-state index in [1.165, 1.54) is 0 Å². The van der Waals surface area contributed by atoms with Crippen LogP contribution in [0.3, 0.4) is 0 Å². The summed E-state index contributed by atoms with van der Waals surface area (Å²) in [6.45, 7) is 4.11. The van der Waals surface area contributed by atoms with E-state index in [4.69, 9.17) is 0 Å². The van der Waals surface area contributed by atoms with Gasteiger partial charge in [0.1, 0.15) is 0 Å². The zero-order valence-corrected chi connectivity index (χ0v) is 14.5. The van der Waals surface area contributed by atoms with Crippen molar-refractivity contribution in [3.8, 4) is 5.69 Å². The summed E-state index contributed by atoms with van der Waals surface area (Å²) in [6, 6.07) is 16.1. The second-order valence-electron chi connectivity index (χ2n) is 5.55. The van der Waals surface area contributed by atoms with Gasteiger partial charge < -0.3 is 4.57 Å². The molecule has 24 heavy (non-hydrogen) atoms. The van der Waals surface area contributed by atoms with Crippen molar-refractivity contribution in [1.82, 2.24) is 9.99 Å². The predicted molar refractivity (Wildman–Crippen MR) is 99.0 cm³/mol. The number of carbonyl (C=O) groups is 1. The number of para-hydroxylation sites is 1. The maximum Gasteiger partial charge on any atom is 0.245 e. The zero-order valence-electron chi connectivity index (χ0n) is 13.7. The Morgan fingerprint density at radius 2 is 2.00 bits per heavy atom. The summed E-state index contributed by atoms with van der Waals surface area (Å²) >= 11 is 1.57. The molecule has 1 aromatic carbocycles. The maximum atomic E-state index is 11.9. The van der Waals surface area contributed by atoms with E-state index in [1.54, 1.807) is 17.6 Å². The van der Waals surface area contributed by atoms with Gasteiger partial charge in [0.15, 0.2) is 0 Å². The first kappa shape index (κ1) is 16.2. The molecular formula is C19H19N3OS. The Balaban J connectivity index is 1.70. The molecule has 1 amide bonds. The van der Waals surface area contributed by atoms with Crippen molar-refractivity contribution in [2.45, 2.75) is 20.3 Å². The number of thiophene rings is 1. The van der Waals surface area contributed by atoms with Gasteiger partial charge in [-0.25, -0.2) is 5.43 Å². The van der Waals surface area contributed by atoms with Crippen molar-refractivity contribution < 1.29 is 4.79 Å². The fourth-order valence-corrected chi connectivity index (χ4v) is 3.38. The van der Waals surface area contributed by atoms with Crippen LogP contribution in [0.2, 0.25) is 0 Å². The van der Waals surface area contributed by atoms with E-state index in [0.29, 0.717) is 6.42 Å². The molecule has 0 atom stereocenters. The molecule has 0 radical (unpaired) electrons. The summed E-state index contributed by atoms with van der Waals surface area (Å²) in [5, 5.41) is 6.06. The Morgan fingerprint density at radius 3 is 2.71 bits per heavy atom. The second kappa shape index (κ2) is 7.27. The van der Waals surface area contributed by atoms with E-state index in [2.05, 4.69) is 47.1 Å². The topological polar surface area (TPSA) is 46.4 Å². The van der Waals surface area contributed by atoms with Crippen LogP contribution in [0.4, 0.5) is 0 Å². The van der Waals surface area contributed by atoms with E-state index in [0.717, 1.165) is 27.5 Å². The van der Waals surface area contributed by atoms with Gasteiger partial charge in [-0.05, 0) is 43.5 Å². The van der Waals surface area contributed by atoms with Crippen molar-refractivity contribution in [1.29, 1.82) is 0 Å². The van der Waals surface area contributed by atoms with Gasteiger partial charge in [0, 0.05) is 27.5 Å². The predicted octanol–water partition coefficient (Wildman–Crippen LogP) is 3.85. The van der Waals surface area contributed by atoms with Crippen LogP contribution in [-0.4, -0.2) is 16.7 Å². The molecule has 4 nitrogen and oxygen atoms in total. The first-order valence-electron chi connectivity index (χ1n) is 7.74. The Morgan fingerprint density at radius 1 is 1.21 bits per heavy atom. The number of aromatic nitrogens is 1. The zero-order chi connectivity index (χ0) is 16.9. The third-order valence-electron chi connectivity index (χ3n) is 3.79. The fraction of sp³-hybridized carbons (Fsp3) is 0.158. The first-order valence-corrected chi connectivity index (χ1v) is 8.62. The van der Waals surface area contributed by atoms with Crippen LogP contribution >= 0.6 is 11.3 Å². The highest BCUT2D eigenvalue weighted by atomic mass is 32.1. The molecule has 3 rings (SSSR count). The lowest BCUT2D eigenvalue weighted by Crippen LogP contribution is -2.19. The van der Waals surface area contributed by atoms with Crippen LogP contribution in [0.5, 0.6) is 0 Å². The van der Waals surface area contributed by atoms with Crippen molar-refractivity contribution in [2.75, 3.05) is 0 Å². The summed E-state index contributed by atoms with van der Waals surface area (Å²) in [6.07, 6.45) is 2.06. The van der Waals surface area contributed by atoms with Crippen LogP contribution in [0.25, 0.3) is 5.69 Å². The van der Waals surface area contributed by atoms with Gasteiger partial charge in [-0.1, -0.05) is 24.3 Å². The van der Waals surface area contributed by atoms with E-state index < -0.39 is 0 Å². The lowest BCUT2D eigenvalue weighted by molar-refractivity contribution is -0.120. The van der Waals surface area contributed by atoms with Gasteiger partial charge >= 0.3 is 0 Å². The molecule has 0 aliphatic heterocycles. The molecule has 0 saturated carbocycles. The number of nitrogens with one attached hydrogen (secondary N) is 1. The summed E-state index contributed by atoms with van der Waals surface area (Å²) < 4.78 is 2.18. The number of aryl methyl sites for hydroxylation is 1. The van der Waals surface area contributed by atoms with Crippen molar-refractivity contribution in [3.05, 3.63) is 75.7 Å². The third kappa shape index (κ3) is 3.63. The molecule has 3 aromatic rings. The van der Waals surface area contributed by atoms with Crippen LogP contribution in [0.15, 0.2) is 59.0 Å². The molecule has 2 aromatic heterocycles. The van der Waals surface area contributed by atoms with E-state index >= 15 is 0 Å². The summed E-state index contributed by atoms with van der Waals surface area (Å²) in [5.41, 5.74) is 6.93. The van der Waals surface area contributed by atoms with Crippen molar-refractivity contribution >= 4 is 23.5 Å². The fourth-order valence-electron chi connectivity index (χ4n) is 2.68. The minimum absolute atomic E-state index is 0.106. The number of nitrogens with zero attached hydrogens (tertiary/aromatic N) is 2. The van der Waals surface area contributed by atoms with Gasteiger partial charge in [0.2, 0.25) is 5.91 Å². The molecule has 0 unspecified atom stereocenters. The Bertz CT molecular complexity index is 848. The molecule has 0 bridgehead atoms. The number of benzene rings is 1. The first-order chi connectivity index (χ1) is 11.6. The van der Waals surface area contributed by atoms with Crippen LogP contribution in [0, 0.1) is 13.8 Å². The molecule has 0 aliphatic rings. The number of hydrazone groups is 1. The molecule has 0 fully saturated rings. The second-order valence-corrected chi connectivity index (χ2v) is 6.58. The number of amides is 1. The number of rotatable bonds is 5. The number of carbonyl (C=O) groups excluding carboxylic acids is 1. The monoisotopic (exact) mass is 337 g/mol. The Labute approximate surface area is 145 Å². The third-order valence-corrected chi connectivity index (χ3v) is 4.67. The highest BCUT2D eigenvalue weighted by Crippen LogP contribution is 2.19. The van der Waals surface area contributed by atoms with Gasteiger partial charge in [0.25, 0.3) is 0 Å². The van der Waals surface area contributed by atoms with Crippen molar-refractivity contribution in [3.63, 3.8) is 0 Å². The summed E-state index contributed by atoms with van der Waals surface area (Å²) in [4.78, 5) is 12.9. The smallest absolute Gasteiger partial charge is 0.245 e. The molecule has 2 heterocycles. The molecule has 0 aliphatic carbocycles. The lowest BCUT2D eigenvalue weighted by Gasteiger charge is -2.08. The minimum Gasteiger partial charge on any atom is -0.318 e. The molecule has 1 N–H and O–H groups in total. The van der Waals surface area contributed by atoms with E-state index in [1.807, 2.05) is 35.7 Å². The standard InChI is InChI=1S/C19H19N3OS/c1-14-11-16(15(2)22(14)17-7-4-3-5-8-17)13-20-21-19(23)12-18-9-6-10-24-18/h3-11,13H,12H2,1-2H3,(H,21,23)/b20-13-. The van der Waals surface area contributed by atoms with Gasteiger partial charge in [-0.2, -0.15) is 5.10 Å². The largest absolute Gasteiger partial charge is 0.318 e. The Hall–Kier alpha value is -2.66. The SMILES string of the molecule is Cc1cc(/C=N\NC(=O)Cc2cccs2)c(C)n1-c1ccccc1. The average Bonchev–Trinajstić information content (AvgIpc) is 3.17.